The summed E-state index contributed by atoms with van der Waals surface area (Å²) in [6.07, 6.45) is 3.42. The van der Waals surface area contributed by atoms with E-state index in [-0.39, 0.29) is 6.04 Å². The highest BCUT2D eigenvalue weighted by Gasteiger charge is 2.20. The molecule has 1 N–H and O–H groups in total. The lowest BCUT2D eigenvalue weighted by molar-refractivity contribution is 0.202. The zero-order valence-electron chi connectivity index (χ0n) is 11.8. The average molecular weight is 294 g/mol. The molecule has 0 bridgehead atoms. The number of aromatic nitrogens is 1. The first-order valence-corrected chi connectivity index (χ1v) is 7.25. The lowest BCUT2D eigenvalue weighted by Crippen LogP contribution is -2.32. The molecule has 20 heavy (non-hydrogen) atoms. The van der Waals surface area contributed by atoms with Gasteiger partial charge in [0.15, 0.2) is 0 Å². The number of pyridine rings is 1. The van der Waals surface area contributed by atoms with Crippen LogP contribution in [0.2, 0.25) is 5.15 Å². The first-order valence-electron chi connectivity index (χ1n) is 6.87. The molecule has 0 radical (unpaired) electrons. The van der Waals surface area contributed by atoms with Crippen LogP contribution in [0.1, 0.15) is 25.6 Å². The fourth-order valence-corrected chi connectivity index (χ4v) is 2.46. The lowest BCUT2D eigenvalue weighted by atomic mass is 10.2. The first kappa shape index (κ1) is 14.9. The zero-order chi connectivity index (χ0) is 14.4. The normalized spacial score (nSPS) is 12.6. The molecule has 0 saturated heterocycles. The summed E-state index contributed by atoms with van der Waals surface area (Å²) in [5.74, 6) is 0.973. The summed E-state index contributed by atoms with van der Waals surface area (Å²) in [5, 5.41) is 3.89. The average Bonchev–Trinajstić information content (AvgIpc) is 2.97. The fourth-order valence-electron chi connectivity index (χ4n) is 2.28. The fraction of sp³-hybridized carbons (Fsp3) is 0.400. The summed E-state index contributed by atoms with van der Waals surface area (Å²) < 4.78 is 5.57. The van der Waals surface area contributed by atoms with Crippen molar-refractivity contribution in [1.82, 2.24) is 9.88 Å². The van der Waals surface area contributed by atoms with Gasteiger partial charge in [-0.05, 0) is 37.4 Å². The Hall–Kier alpha value is -1.52. The van der Waals surface area contributed by atoms with Crippen molar-refractivity contribution in [1.29, 1.82) is 0 Å². The number of rotatable bonds is 7. The Kier molecular flexibility index (Phi) is 5.44. The number of nitrogens with zero attached hydrogens (tertiary/aromatic N) is 2. The van der Waals surface area contributed by atoms with E-state index in [1.165, 1.54) is 0 Å². The Morgan fingerprint density at radius 3 is 2.75 bits per heavy atom. The van der Waals surface area contributed by atoms with Crippen molar-refractivity contribution in [2.45, 2.75) is 19.9 Å². The van der Waals surface area contributed by atoms with Crippen LogP contribution in [-0.2, 0) is 0 Å². The van der Waals surface area contributed by atoms with Gasteiger partial charge in [-0.15, -0.1) is 0 Å². The van der Waals surface area contributed by atoms with Gasteiger partial charge in [-0.1, -0.05) is 25.4 Å². The van der Waals surface area contributed by atoms with Crippen LogP contribution < -0.4 is 5.32 Å². The molecule has 0 aromatic carbocycles. The van der Waals surface area contributed by atoms with Crippen LogP contribution in [0, 0.1) is 0 Å². The van der Waals surface area contributed by atoms with Crippen LogP contribution in [0.15, 0.2) is 41.1 Å². The highest BCUT2D eigenvalue weighted by molar-refractivity contribution is 6.29. The maximum atomic E-state index is 5.90. The van der Waals surface area contributed by atoms with Gasteiger partial charge in [-0.3, -0.25) is 4.90 Å². The van der Waals surface area contributed by atoms with Gasteiger partial charge in [-0.2, -0.15) is 0 Å². The van der Waals surface area contributed by atoms with Crippen molar-refractivity contribution in [3.63, 3.8) is 0 Å². The SMILES string of the molecule is CCN(CC)C(CNc1ccnc(Cl)c1)c1ccco1. The number of nitrogens with one attached hydrogen (secondary N) is 1. The van der Waals surface area contributed by atoms with Gasteiger partial charge >= 0.3 is 0 Å². The summed E-state index contributed by atoms with van der Waals surface area (Å²) in [5.41, 5.74) is 0.966. The molecule has 0 aliphatic carbocycles. The van der Waals surface area contributed by atoms with E-state index in [9.17, 15) is 0 Å². The molecule has 2 heterocycles. The van der Waals surface area contributed by atoms with Gasteiger partial charge in [0.05, 0.1) is 12.3 Å². The third-order valence-electron chi connectivity index (χ3n) is 3.35. The zero-order valence-corrected chi connectivity index (χ0v) is 12.6. The monoisotopic (exact) mass is 293 g/mol. The summed E-state index contributed by atoms with van der Waals surface area (Å²) in [7, 11) is 0. The number of furan rings is 1. The van der Waals surface area contributed by atoms with E-state index in [1.54, 1.807) is 12.5 Å². The third-order valence-corrected chi connectivity index (χ3v) is 3.56. The molecule has 1 atom stereocenters. The predicted molar refractivity (Wildman–Crippen MR) is 82.1 cm³/mol. The summed E-state index contributed by atoms with van der Waals surface area (Å²) in [6.45, 7) is 7.02. The van der Waals surface area contributed by atoms with E-state index in [0.29, 0.717) is 5.15 Å². The van der Waals surface area contributed by atoms with Gasteiger partial charge in [0.2, 0.25) is 0 Å². The van der Waals surface area contributed by atoms with Crippen molar-refractivity contribution in [3.8, 4) is 0 Å². The lowest BCUT2D eigenvalue weighted by Gasteiger charge is -2.28. The molecule has 4 nitrogen and oxygen atoms in total. The maximum Gasteiger partial charge on any atom is 0.131 e. The van der Waals surface area contributed by atoms with Crippen LogP contribution in [0.3, 0.4) is 0 Å². The molecule has 5 heteroatoms. The number of likely N-dealkylation sites (N-methyl/N-ethyl adjacent to an activating group) is 1. The van der Waals surface area contributed by atoms with Gasteiger partial charge in [0, 0.05) is 18.4 Å². The van der Waals surface area contributed by atoms with Gasteiger partial charge in [-0.25, -0.2) is 4.98 Å². The first-order chi connectivity index (χ1) is 9.74. The second-order valence-corrected chi connectivity index (χ2v) is 4.89. The molecule has 2 aromatic rings. The molecule has 0 fully saturated rings. The molecule has 0 aliphatic heterocycles. The number of hydrogen-bond donors (Lipinski definition) is 1. The van der Waals surface area contributed by atoms with E-state index >= 15 is 0 Å². The number of anilines is 1. The van der Waals surface area contributed by atoms with Crippen molar-refractivity contribution in [2.75, 3.05) is 25.0 Å². The minimum atomic E-state index is 0.201. The Bertz CT molecular complexity index is 512. The molecule has 108 valence electrons. The molecule has 2 rings (SSSR count). The Labute approximate surface area is 124 Å². The quantitative estimate of drug-likeness (QED) is 0.788. The third kappa shape index (κ3) is 3.74. The largest absolute Gasteiger partial charge is 0.468 e. The topological polar surface area (TPSA) is 41.3 Å². The van der Waals surface area contributed by atoms with Crippen LogP contribution in [-0.4, -0.2) is 29.5 Å². The van der Waals surface area contributed by atoms with E-state index in [0.717, 1.165) is 31.1 Å². The van der Waals surface area contributed by atoms with Crippen molar-refractivity contribution < 1.29 is 4.42 Å². The molecule has 2 aromatic heterocycles. The van der Waals surface area contributed by atoms with Crippen LogP contribution in [0.4, 0.5) is 5.69 Å². The molecule has 0 saturated carbocycles. The smallest absolute Gasteiger partial charge is 0.131 e. The minimum absolute atomic E-state index is 0.201. The Morgan fingerprint density at radius 1 is 1.35 bits per heavy atom. The number of hydrogen-bond acceptors (Lipinski definition) is 4. The van der Waals surface area contributed by atoms with Crippen molar-refractivity contribution >= 4 is 17.3 Å². The molecular formula is C15H20ClN3O. The highest BCUT2D eigenvalue weighted by atomic mass is 35.5. The summed E-state index contributed by atoms with van der Waals surface area (Å²) >= 11 is 5.90. The van der Waals surface area contributed by atoms with E-state index in [1.807, 2.05) is 24.3 Å². The minimum Gasteiger partial charge on any atom is -0.468 e. The number of halogens is 1. The van der Waals surface area contributed by atoms with E-state index in [4.69, 9.17) is 16.0 Å². The van der Waals surface area contributed by atoms with Crippen molar-refractivity contribution in [3.05, 3.63) is 47.6 Å². The predicted octanol–water partition coefficient (Wildman–Crippen LogP) is 3.82. The second kappa shape index (κ2) is 7.31. The van der Waals surface area contributed by atoms with Crippen LogP contribution in [0.25, 0.3) is 0 Å². The molecule has 0 amide bonds. The Morgan fingerprint density at radius 2 is 2.15 bits per heavy atom. The standard InChI is InChI=1S/C15H20ClN3O/c1-3-19(4-2)13(14-6-5-9-20-14)11-18-12-7-8-17-15(16)10-12/h5-10,13H,3-4,11H2,1-2H3,(H,17,18). The molecule has 0 spiro atoms. The van der Waals surface area contributed by atoms with Crippen LogP contribution >= 0.6 is 11.6 Å². The summed E-state index contributed by atoms with van der Waals surface area (Å²) in [6, 6.07) is 7.88. The van der Waals surface area contributed by atoms with Crippen molar-refractivity contribution in [2.24, 2.45) is 0 Å². The highest BCUT2D eigenvalue weighted by Crippen LogP contribution is 2.22. The van der Waals surface area contributed by atoms with Crippen LogP contribution in [0.5, 0.6) is 0 Å². The molecule has 1 unspecified atom stereocenters. The second-order valence-electron chi connectivity index (χ2n) is 4.50. The van der Waals surface area contributed by atoms with Gasteiger partial charge in [0.1, 0.15) is 10.9 Å². The van der Waals surface area contributed by atoms with E-state index in [2.05, 4.69) is 29.0 Å². The molecule has 0 aliphatic rings. The Balaban J connectivity index is 2.08. The summed E-state index contributed by atoms with van der Waals surface area (Å²) in [4.78, 5) is 6.34. The van der Waals surface area contributed by atoms with Gasteiger partial charge in [0.25, 0.3) is 0 Å². The maximum absolute atomic E-state index is 5.90. The van der Waals surface area contributed by atoms with E-state index < -0.39 is 0 Å². The van der Waals surface area contributed by atoms with Gasteiger partial charge < -0.3 is 9.73 Å². The molecular weight excluding hydrogens is 274 g/mol.